The number of hydrogen-bond acceptors (Lipinski definition) is 5. The molecule has 2 atom stereocenters. The molecule has 2 unspecified atom stereocenters. The van der Waals surface area contributed by atoms with E-state index in [1.54, 1.807) is 0 Å². The van der Waals surface area contributed by atoms with Crippen LogP contribution in [0.3, 0.4) is 0 Å². The van der Waals surface area contributed by atoms with Gasteiger partial charge in [-0.05, 0) is 59.4 Å². The molecule has 0 radical (unpaired) electrons. The van der Waals surface area contributed by atoms with E-state index in [1.165, 1.54) is 20.1 Å². The van der Waals surface area contributed by atoms with Crippen LogP contribution in [0.5, 0.6) is 0 Å². The van der Waals surface area contributed by atoms with Gasteiger partial charge < -0.3 is 15.0 Å². The van der Waals surface area contributed by atoms with Crippen LogP contribution in [0.4, 0.5) is 0 Å². The number of esters is 1. The van der Waals surface area contributed by atoms with Gasteiger partial charge in [0.25, 0.3) is 0 Å². The SMILES string of the molecule is CCN(CC)C1CCN(CCCC(C)(NC)C(=O)OC)C1. The highest BCUT2D eigenvalue weighted by Crippen LogP contribution is 2.18. The molecular weight excluding hydrogens is 266 g/mol. The number of hydrogen-bond donors (Lipinski definition) is 1. The van der Waals surface area contributed by atoms with Crippen molar-refractivity contribution in [3.05, 3.63) is 0 Å². The number of likely N-dealkylation sites (tertiary alicyclic amines) is 1. The number of nitrogens with one attached hydrogen (secondary N) is 1. The molecule has 1 heterocycles. The quantitative estimate of drug-likeness (QED) is 0.651. The van der Waals surface area contributed by atoms with E-state index in [1.807, 2.05) is 14.0 Å². The number of ether oxygens (including phenoxy) is 1. The Kier molecular flexibility index (Phi) is 7.63. The summed E-state index contributed by atoms with van der Waals surface area (Å²) in [6.07, 6.45) is 3.09. The Labute approximate surface area is 130 Å². The number of nitrogens with zero attached hydrogens (tertiary/aromatic N) is 2. The highest BCUT2D eigenvalue weighted by atomic mass is 16.5. The minimum Gasteiger partial charge on any atom is -0.468 e. The zero-order chi connectivity index (χ0) is 15.9. The first kappa shape index (κ1) is 18.4. The molecule has 124 valence electrons. The molecule has 0 aromatic rings. The molecule has 1 rings (SSSR count). The van der Waals surface area contributed by atoms with Gasteiger partial charge in [-0.25, -0.2) is 0 Å². The van der Waals surface area contributed by atoms with E-state index in [-0.39, 0.29) is 5.97 Å². The molecule has 0 aromatic heterocycles. The first-order chi connectivity index (χ1) is 10.0. The minimum absolute atomic E-state index is 0.174. The fraction of sp³-hybridized carbons (Fsp3) is 0.938. The lowest BCUT2D eigenvalue weighted by Crippen LogP contribution is -2.48. The molecule has 0 aromatic carbocycles. The van der Waals surface area contributed by atoms with Crippen LogP contribution in [0.15, 0.2) is 0 Å². The lowest BCUT2D eigenvalue weighted by molar-refractivity contribution is -0.148. The molecule has 0 aliphatic carbocycles. The van der Waals surface area contributed by atoms with Crippen molar-refractivity contribution in [2.24, 2.45) is 0 Å². The van der Waals surface area contributed by atoms with E-state index >= 15 is 0 Å². The Morgan fingerprint density at radius 1 is 1.43 bits per heavy atom. The normalized spacial score (nSPS) is 22.5. The van der Waals surface area contributed by atoms with Crippen LogP contribution in [-0.4, -0.2) is 74.2 Å². The fourth-order valence-corrected chi connectivity index (χ4v) is 3.26. The molecule has 1 aliphatic rings. The fourth-order valence-electron chi connectivity index (χ4n) is 3.26. The summed E-state index contributed by atoms with van der Waals surface area (Å²) in [5.41, 5.74) is -0.563. The van der Waals surface area contributed by atoms with Gasteiger partial charge in [0.2, 0.25) is 0 Å². The Morgan fingerprint density at radius 2 is 2.10 bits per heavy atom. The Bertz CT molecular complexity index is 321. The Hall–Kier alpha value is -0.650. The third-order valence-electron chi connectivity index (χ3n) is 4.92. The standard InChI is InChI=1S/C16H33N3O2/c1-6-19(7-2)14-9-12-18(13-14)11-8-10-16(3,17-4)15(20)21-5/h14,17H,6-13H2,1-5H3. The van der Waals surface area contributed by atoms with Gasteiger partial charge in [0, 0.05) is 12.6 Å². The molecule has 1 saturated heterocycles. The van der Waals surface area contributed by atoms with Crippen molar-refractivity contribution in [1.82, 2.24) is 15.1 Å². The monoisotopic (exact) mass is 299 g/mol. The number of rotatable bonds is 9. The van der Waals surface area contributed by atoms with E-state index in [2.05, 4.69) is 29.0 Å². The van der Waals surface area contributed by atoms with Gasteiger partial charge in [-0.2, -0.15) is 0 Å². The summed E-state index contributed by atoms with van der Waals surface area (Å²) in [7, 11) is 3.27. The van der Waals surface area contributed by atoms with Crippen LogP contribution in [0.2, 0.25) is 0 Å². The summed E-state index contributed by atoms with van der Waals surface area (Å²) in [6, 6.07) is 0.705. The summed E-state index contributed by atoms with van der Waals surface area (Å²) in [4.78, 5) is 16.9. The molecule has 0 amide bonds. The predicted octanol–water partition coefficient (Wildman–Crippen LogP) is 1.33. The van der Waals surface area contributed by atoms with Crippen molar-refractivity contribution in [3.63, 3.8) is 0 Å². The van der Waals surface area contributed by atoms with Crippen LogP contribution in [0.1, 0.15) is 40.0 Å². The average Bonchev–Trinajstić information content (AvgIpc) is 2.96. The smallest absolute Gasteiger partial charge is 0.325 e. The van der Waals surface area contributed by atoms with E-state index < -0.39 is 5.54 Å². The maximum Gasteiger partial charge on any atom is 0.325 e. The van der Waals surface area contributed by atoms with Crippen molar-refractivity contribution in [1.29, 1.82) is 0 Å². The molecule has 5 heteroatoms. The molecular formula is C16H33N3O2. The van der Waals surface area contributed by atoms with Gasteiger partial charge >= 0.3 is 5.97 Å². The van der Waals surface area contributed by atoms with Crippen molar-refractivity contribution < 1.29 is 9.53 Å². The van der Waals surface area contributed by atoms with Gasteiger partial charge in [-0.3, -0.25) is 9.69 Å². The summed E-state index contributed by atoms with van der Waals surface area (Å²) in [6.45, 7) is 12.1. The lowest BCUT2D eigenvalue weighted by Gasteiger charge is -2.28. The lowest BCUT2D eigenvalue weighted by atomic mass is 9.96. The van der Waals surface area contributed by atoms with E-state index in [9.17, 15) is 4.79 Å². The third-order valence-corrected chi connectivity index (χ3v) is 4.92. The molecule has 0 bridgehead atoms. The van der Waals surface area contributed by atoms with Crippen molar-refractivity contribution in [3.8, 4) is 0 Å². The van der Waals surface area contributed by atoms with Crippen LogP contribution in [-0.2, 0) is 9.53 Å². The molecule has 5 nitrogen and oxygen atoms in total. The van der Waals surface area contributed by atoms with Gasteiger partial charge in [-0.1, -0.05) is 13.8 Å². The third kappa shape index (κ3) is 4.94. The van der Waals surface area contributed by atoms with E-state index in [0.29, 0.717) is 6.04 Å². The summed E-state index contributed by atoms with van der Waals surface area (Å²) in [5.74, 6) is -0.174. The minimum atomic E-state index is -0.563. The maximum absolute atomic E-state index is 11.8. The highest BCUT2D eigenvalue weighted by Gasteiger charge is 2.32. The zero-order valence-corrected chi connectivity index (χ0v) is 14.4. The first-order valence-electron chi connectivity index (χ1n) is 8.24. The number of carbonyl (C=O) groups excluding carboxylic acids is 1. The summed E-state index contributed by atoms with van der Waals surface area (Å²) >= 11 is 0. The molecule has 21 heavy (non-hydrogen) atoms. The largest absolute Gasteiger partial charge is 0.468 e. The molecule has 0 saturated carbocycles. The number of carbonyl (C=O) groups is 1. The van der Waals surface area contributed by atoms with Gasteiger partial charge in [0.1, 0.15) is 5.54 Å². The Balaban J connectivity index is 2.35. The van der Waals surface area contributed by atoms with Crippen LogP contribution < -0.4 is 5.32 Å². The van der Waals surface area contributed by atoms with Gasteiger partial charge in [0.05, 0.1) is 7.11 Å². The van der Waals surface area contributed by atoms with Crippen LogP contribution >= 0.6 is 0 Å². The Morgan fingerprint density at radius 3 is 2.62 bits per heavy atom. The van der Waals surface area contributed by atoms with Gasteiger partial charge in [0.15, 0.2) is 0 Å². The molecule has 0 spiro atoms. The molecule has 1 aliphatic heterocycles. The molecule has 1 N–H and O–H groups in total. The second-order valence-electron chi connectivity index (χ2n) is 6.14. The van der Waals surface area contributed by atoms with Crippen LogP contribution in [0.25, 0.3) is 0 Å². The average molecular weight is 299 g/mol. The maximum atomic E-state index is 11.8. The van der Waals surface area contributed by atoms with Crippen LogP contribution in [0, 0.1) is 0 Å². The zero-order valence-electron chi connectivity index (χ0n) is 14.4. The topological polar surface area (TPSA) is 44.8 Å². The van der Waals surface area contributed by atoms with Crippen molar-refractivity contribution >= 4 is 5.97 Å². The summed E-state index contributed by atoms with van der Waals surface area (Å²) < 4.78 is 4.88. The second-order valence-corrected chi connectivity index (χ2v) is 6.14. The predicted molar refractivity (Wildman–Crippen MR) is 86.5 cm³/mol. The second kappa shape index (κ2) is 8.71. The number of methoxy groups -OCH3 is 1. The number of likely N-dealkylation sites (N-methyl/N-ethyl adjacent to an activating group) is 2. The van der Waals surface area contributed by atoms with Crippen molar-refractivity contribution in [2.45, 2.75) is 51.6 Å². The van der Waals surface area contributed by atoms with E-state index in [4.69, 9.17) is 4.74 Å². The summed E-state index contributed by atoms with van der Waals surface area (Å²) in [5, 5.41) is 3.10. The first-order valence-corrected chi connectivity index (χ1v) is 8.24. The van der Waals surface area contributed by atoms with Gasteiger partial charge in [-0.15, -0.1) is 0 Å². The highest BCUT2D eigenvalue weighted by molar-refractivity contribution is 5.80. The van der Waals surface area contributed by atoms with Crippen molar-refractivity contribution in [2.75, 3.05) is 46.9 Å². The molecule has 1 fully saturated rings. The van der Waals surface area contributed by atoms with E-state index in [0.717, 1.165) is 39.0 Å².